The van der Waals surface area contributed by atoms with Gasteiger partial charge in [-0.15, -0.1) is 0 Å². The highest BCUT2D eigenvalue weighted by atomic mass is 32.2. The van der Waals surface area contributed by atoms with Gasteiger partial charge in [-0.25, -0.2) is 0 Å². The van der Waals surface area contributed by atoms with Crippen LogP contribution in [0.25, 0.3) is 10.9 Å². The van der Waals surface area contributed by atoms with Crippen molar-refractivity contribution in [2.24, 2.45) is 0 Å². The zero-order valence-corrected chi connectivity index (χ0v) is 12.5. The van der Waals surface area contributed by atoms with Crippen LogP contribution in [0, 0.1) is 6.92 Å². The average molecular weight is 302 g/mol. The monoisotopic (exact) mass is 302 g/mol. The topological polar surface area (TPSA) is 61.2 Å². The molecule has 0 atom stereocenters. The number of fused-ring (bicyclic) bond motifs is 1. The van der Waals surface area contributed by atoms with E-state index in [9.17, 15) is 8.42 Å². The molecule has 0 N–H and O–H groups in total. The number of aryl methyl sites for hydroxylation is 1. The third-order valence-corrected chi connectivity index (χ3v) is 4.90. The second kappa shape index (κ2) is 4.89. The summed E-state index contributed by atoms with van der Waals surface area (Å²) < 4.78 is 31.5. The van der Waals surface area contributed by atoms with Crippen LogP contribution in [-0.4, -0.2) is 24.7 Å². The Morgan fingerprint density at radius 2 is 1.81 bits per heavy atom. The zero-order chi connectivity index (χ0) is 15.0. The van der Waals surface area contributed by atoms with Crippen LogP contribution in [0.3, 0.4) is 0 Å². The zero-order valence-electron chi connectivity index (χ0n) is 11.6. The molecule has 1 heterocycles. The molecule has 21 heavy (non-hydrogen) atoms. The van der Waals surface area contributed by atoms with Gasteiger partial charge in [0.25, 0.3) is 10.0 Å². The smallest absolute Gasteiger partial charge is 0.283 e. The first-order valence-corrected chi connectivity index (χ1v) is 7.80. The molecule has 0 fully saturated rings. The van der Waals surface area contributed by atoms with Crippen molar-refractivity contribution in [2.45, 2.75) is 11.8 Å². The molecule has 0 bridgehead atoms. The fourth-order valence-electron chi connectivity index (χ4n) is 2.12. The molecule has 0 aliphatic heterocycles. The first kappa shape index (κ1) is 13.6. The van der Waals surface area contributed by atoms with Crippen LogP contribution in [0.5, 0.6) is 5.75 Å². The lowest BCUT2D eigenvalue weighted by Gasteiger charge is -2.06. The second-order valence-corrected chi connectivity index (χ2v) is 6.50. The summed E-state index contributed by atoms with van der Waals surface area (Å²) in [6, 6.07) is 11.9. The van der Waals surface area contributed by atoms with E-state index < -0.39 is 10.0 Å². The SMILES string of the molecule is COc1ccc2c(cnn2S(=O)(=O)c2ccc(C)cc2)c1. The van der Waals surface area contributed by atoms with Gasteiger partial charge in [-0.2, -0.15) is 17.6 Å². The van der Waals surface area contributed by atoms with Crippen LogP contribution < -0.4 is 4.74 Å². The van der Waals surface area contributed by atoms with Crippen molar-refractivity contribution < 1.29 is 13.2 Å². The highest BCUT2D eigenvalue weighted by Gasteiger charge is 2.20. The minimum absolute atomic E-state index is 0.217. The third-order valence-electron chi connectivity index (χ3n) is 3.29. The first-order chi connectivity index (χ1) is 10.0. The molecule has 108 valence electrons. The minimum Gasteiger partial charge on any atom is -0.497 e. The van der Waals surface area contributed by atoms with E-state index in [0.29, 0.717) is 16.7 Å². The Kier molecular flexibility index (Phi) is 3.17. The number of rotatable bonds is 3. The number of aromatic nitrogens is 2. The van der Waals surface area contributed by atoms with Gasteiger partial charge in [0.2, 0.25) is 0 Å². The molecule has 0 unspecified atom stereocenters. The van der Waals surface area contributed by atoms with Crippen molar-refractivity contribution in [1.82, 2.24) is 9.19 Å². The van der Waals surface area contributed by atoms with Crippen molar-refractivity contribution in [1.29, 1.82) is 0 Å². The highest BCUT2D eigenvalue weighted by molar-refractivity contribution is 7.90. The van der Waals surface area contributed by atoms with Crippen molar-refractivity contribution in [3.05, 3.63) is 54.2 Å². The summed E-state index contributed by atoms with van der Waals surface area (Å²) in [5.41, 5.74) is 1.53. The maximum absolute atomic E-state index is 12.6. The number of ether oxygens (including phenoxy) is 1. The van der Waals surface area contributed by atoms with Gasteiger partial charge in [-0.3, -0.25) is 0 Å². The van der Waals surface area contributed by atoms with Crippen molar-refractivity contribution in [2.75, 3.05) is 7.11 Å². The summed E-state index contributed by atoms with van der Waals surface area (Å²) >= 11 is 0. The Labute approximate surface area is 122 Å². The number of hydrogen-bond donors (Lipinski definition) is 0. The standard InChI is InChI=1S/C15H14N2O3S/c1-11-3-6-14(7-4-11)21(18,19)17-15-8-5-13(20-2)9-12(15)10-16-17/h3-10H,1-2H3. The Hall–Kier alpha value is -2.34. The fourth-order valence-corrected chi connectivity index (χ4v) is 3.39. The second-order valence-electron chi connectivity index (χ2n) is 4.73. The summed E-state index contributed by atoms with van der Waals surface area (Å²) in [5.74, 6) is 0.662. The molecule has 0 amide bonds. The Bertz CT molecular complexity index is 896. The van der Waals surface area contributed by atoms with E-state index in [1.807, 2.05) is 6.92 Å². The van der Waals surface area contributed by atoms with Crippen molar-refractivity contribution >= 4 is 20.9 Å². The Balaban J connectivity index is 2.17. The van der Waals surface area contributed by atoms with Gasteiger partial charge < -0.3 is 4.74 Å². The molecular weight excluding hydrogens is 288 g/mol. The Morgan fingerprint density at radius 1 is 1.10 bits per heavy atom. The summed E-state index contributed by atoms with van der Waals surface area (Å²) in [5, 5.41) is 4.73. The number of methoxy groups -OCH3 is 1. The third kappa shape index (κ3) is 2.27. The molecule has 0 radical (unpaired) electrons. The molecule has 0 aliphatic carbocycles. The van der Waals surface area contributed by atoms with Crippen LogP contribution in [-0.2, 0) is 10.0 Å². The molecule has 0 saturated carbocycles. The molecule has 3 rings (SSSR count). The summed E-state index contributed by atoms with van der Waals surface area (Å²) in [7, 11) is -2.13. The minimum atomic E-state index is -3.69. The van der Waals surface area contributed by atoms with Gasteiger partial charge in [0.05, 0.1) is 23.7 Å². The van der Waals surface area contributed by atoms with E-state index in [1.54, 1.807) is 49.6 Å². The summed E-state index contributed by atoms with van der Waals surface area (Å²) in [4.78, 5) is 0.217. The lowest BCUT2D eigenvalue weighted by molar-refractivity contribution is 0.415. The predicted molar refractivity (Wildman–Crippen MR) is 80.0 cm³/mol. The maximum Gasteiger partial charge on any atom is 0.283 e. The van der Waals surface area contributed by atoms with Gasteiger partial charge in [0.1, 0.15) is 5.75 Å². The average Bonchev–Trinajstić information content (AvgIpc) is 2.91. The molecule has 2 aromatic carbocycles. The molecule has 3 aromatic rings. The van der Waals surface area contributed by atoms with Crippen LogP contribution in [0.2, 0.25) is 0 Å². The molecule has 0 aliphatic rings. The fraction of sp³-hybridized carbons (Fsp3) is 0.133. The lowest BCUT2D eigenvalue weighted by atomic mass is 10.2. The molecular formula is C15H14N2O3S. The molecule has 5 nitrogen and oxygen atoms in total. The Morgan fingerprint density at radius 3 is 2.48 bits per heavy atom. The molecule has 1 aromatic heterocycles. The van der Waals surface area contributed by atoms with Gasteiger partial charge in [0.15, 0.2) is 0 Å². The van der Waals surface area contributed by atoms with Gasteiger partial charge in [-0.05, 0) is 37.3 Å². The van der Waals surface area contributed by atoms with E-state index in [2.05, 4.69) is 5.10 Å². The van der Waals surface area contributed by atoms with E-state index in [0.717, 1.165) is 9.65 Å². The number of hydrogen-bond acceptors (Lipinski definition) is 4. The molecule has 6 heteroatoms. The van der Waals surface area contributed by atoms with Crippen LogP contribution >= 0.6 is 0 Å². The van der Waals surface area contributed by atoms with E-state index >= 15 is 0 Å². The quantitative estimate of drug-likeness (QED) is 0.746. The van der Waals surface area contributed by atoms with Crippen LogP contribution in [0.15, 0.2) is 53.6 Å². The molecule has 0 spiro atoms. The first-order valence-electron chi connectivity index (χ1n) is 6.36. The van der Waals surface area contributed by atoms with Gasteiger partial charge >= 0.3 is 0 Å². The largest absolute Gasteiger partial charge is 0.497 e. The van der Waals surface area contributed by atoms with Crippen molar-refractivity contribution in [3.63, 3.8) is 0 Å². The predicted octanol–water partition coefficient (Wildman–Crippen LogP) is 2.59. The van der Waals surface area contributed by atoms with E-state index in [4.69, 9.17) is 4.74 Å². The molecule has 0 saturated heterocycles. The summed E-state index contributed by atoms with van der Waals surface area (Å²) in [6.07, 6.45) is 1.52. The normalized spacial score (nSPS) is 11.7. The van der Waals surface area contributed by atoms with Gasteiger partial charge in [-0.1, -0.05) is 17.7 Å². The van der Waals surface area contributed by atoms with Crippen LogP contribution in [0.4, 0.5) is 0 Å². The van der Waals surface area contributed by atoms with Crippen LogP contribution in [0.1, 0.15) is 5.56 Å². The maximum atomic E-state index is 12.6. The van der Waals surface area contributed by atoms with Gasteiger partial charge in [0, 0.05) is 5.39 Å². The number of benzene rings is 2. The van der Waals surface area contributed by atoms with E-state index in [1.165, 1.54) is 6.20 Å². The van der Waals surface area contributed by atoms with Crippen molar-refractivity contribution in [3.8, 4) is 5.75 Å². The van der Waals surface area contributed by atoms with E-state index in [-0.39, 0.29) is 4.90 Å². The highest BCUT2D eigenvalue weighted by Crippen LogP contribution is 2.24. The summed E-state index contributed by atoms with van der Waals surface area (Å²) in [6.45, 7) is 1.91. The number of nitrogens with zero attached hydrogens (tertiary/aromatic N) is 2. The lowest BCUT2D eigenvalue weighted by Crippen LogP contribution is -2.14.